The molecule has 0 aromatic carbocycles. The van der Waals surface area contributed by atoms with Gasteiger partial charge in [0.1, 0.15) is 0 Å². The van der Waals surface area contributed by atoms with Gasteiger partial charge in [-0.2, -0.15) is 0 Å². The van der Waals surface area contributed by atoms with Crippen molar-refractivity contribution in [1.29, 1.82) is 0 Å². The maximum atomic E-state index is 9.87. The van der Waals surface area contributed by atoms with E-state index in [1.165, 1.54) is 0 Å². The van der Waals surface area contributed by atoms with Gasteiger partial charge in [0.25, 0.3) is 6.29 Å². The number of hydrogen-bond donors (Lipinski definition) is 1. The predicted molar refractivity (Wildman–Crippen MR) is 23.8 cm³/mol. The molecule has 1 atom stereocenters. The summed E-state index contributed by atoms with van der Waals surface area (Å²) in [5, 5.41) is 8.22. The number of aldehydes is 1. The standard InChI is InChI=1S/C4H6O4/c1-3(6)8-4(7)2-5/h2,4,7H,1H3. The minimum atomic E-state index is -1.60. The summed E-state index contributed by atoms with van der Waals surface area (Å²) >= 11 is 0. The van der Waals surface area contributed by atoms with E-state index in [0.717, 1.165) is 6.92 Å². The number of rotatable bonds is 2. The lowest BCUT2D eigenvalue weighted by molar-refractivity contribution is -0.167. The van der Waals surface area contributed by atoms with Crippen molar-refractivity contribution in [3.05, 3.63) is 0 Å². The van der Waals surface area contributed by atoms with E-state index < -0.39 is 12.3 Å². The van der Waals surface area contributed by atoms with Gasteiger partial charge in [-0.15, -0.1) is 0 Å². The third-order valence-corrected chi connectivity index (χ3v) is 0.403. The smallest absolute Gasteiger partial charge is 0.305 e. The van der Waals surface area contributed by atoms with Crippen LogP contribution in [0.5, 0.6) is 0 Å². The summed E-state index contributed by atoms with van der Waals surface area (Å²) in [6.07, 6.45) is -1.48. The molecule has 0 spiro atoms. The number of aliphatic hydroxyl groups is 1. The summed E-state index contributed by atoms with van der Waals surface area (Å²) in [6, 6.07) is 0. The van der Waals surface area contributed by atoms with Crippen molar-refractivity contribution < 1.29 is 19.4 Å². The number of aliphatic hydroxyl groups excluding tert-OH is 1. The maximum Gasteiger partial charge on any atom is 0.305 e. The number of ether oxygens (including phenoxy) is 1. The second-order valence-corrected chi connectivity index (χ2v) is 1.14. The molecule has 0 saturated heterocycles. The average Bonchev–Trinajstić information content (AvgIpc) is 1.65. The quantitative estimate of drug-likeness (QED) is 0.289. The Morgan fingerprint density at radius 3 is 2.50 bits per heavy atom. The Labute approximate surface area is 46.1 Å². The van der Waals surface area contributed by atoms with Crippen LogP contribution in [0, 0.1) is 0 Å². The molecule has 0 radical (unpaired) electrons. The molecule has 0 bridgehead atoms. The van der Waals surface area contributed by atoms with Crippen LogP contribution in [0.25, 0.3) is 0 Å². The molecule has 0 aliphatic carbocycles. The molecule has 46 valence electrons. The van der Waals surface area contributed by atoms with E-state index in [2.05, 4.69) is 4.74 Å². The van der Waals surface area contributed by atoms with Crippen LogP contribution in [0.1, 0.15) is 6.92 Å². The number of carbonyl (C=O) groups is 2. The summed E-state index contributed by atoms with van der Waals surface area (Å²) in [6.45, 7) is 1.10. The van der Waals surface area contributed by atoms with Gasteiger partial charge in [0, 0.05) is 6.92 Å². The van der Waals surface area contributed by atoms with Crippen molar-refractivity contribution in [3.63, 3.8) is 0 Å². The van der Waals surface area contributed by atoms with Gasteiger partial charge in [-0.25, -0.2) is 0 Å². The molecule has 0 amide bonds. The predicted octanol–water partition coefficient (Wildman–Crippen LogP) is -0.933. The summed E-state index contributed by atoms with van der Waals surface area (Å²) in [7, 11) is 0. The summed E-state index contributed by atoms with van der Waals surface area (Å²) in [5.74, 6) is -0.676. The second kappa shape index (κ2) is 3.15. The zero-order valence-corrected chi connectivity index (χ0v) is 4.33. The van der Waals surface area contributed by atoms with Gasteiger partial charge >= 0.3 is 5.97 Å². The second-order valence-electron chi connectivity index (χ2n) is 1.14. The summed E-state index contributed by atoms with van der Waals surface area (Å²) in [4.78, 5) is 19.4. The minimum Gasteiger partial charge on any atom is -0.429 e. The van der Waals surface area contributed by atoms with E-state index >= 15 is 0 Å². The lowest BCUT2D eigenvalue weighted by Gasteiger charge is -1.99. The summed E-state index contributed by atoms with van der Waals surface area (Å²) < 4.78 is 3.95. The Morgan fingerprint density at radius 2 is 2.38 bits per heavy atom. The molecule has 0 heterocycles. The Balaban J connectivity index is 3.38. The molecule has 4 nitrogen and oxygen atoms in total. The normalized spacial score (nSPS) is 12.2. The zero-order valence-electron chi connectivity index (χ0n) is 4.33. The first-order valence-corrected chi connectivity index (χ1v) is 1.97. The van der Waals surface area contributed by atoms with Crippen LogP contribution in [-0.2, 0) is 14.3 Å². The van der Waals surface area contributed by atoms with Gasteiger partial charge in [0.2, 0.25) is 0 Å². The first-order valence-electron chi connectivity index (χ1n) is 1.97. The molecule has 0 aliphatic heterocycles. The van der Waals surface area contributed by atoms with Gasteiger partial charge in [-0.1, -0.05) is 0 Å². The Morgan fingerprint density at radius 1 is 1.88 bits per heavy atom. The highest BCUT2D eigenvalue weighted by Gasteiger charge is 2.01. The fraction of sp³-hybridized carbons (Fsp3) is 0.500. The Hall–Kier alpha value is -0.900. The average molecular weight is 118 g/mol. The van der Waals surface area contributed by atoms with E-state index in [4.69, 9.17) is 5.11 Å². The highest BCUT2D eigenvalue weighted by atomic mass is 16.6. The molecule has 0 aliphatic rings. The fourth-order valence-electron chi connectivity index (χ4n) is 0.198. The van der Waals surface area contributed by atoms with Gasteiger partial charge in [-0.3, -0.25) is 9.59 Å². The number of hydrogen-bond acceptors (Lipinski definition) is 4. The lowest BCUT2D eigenvalue weighted by atomic mass is 10.7. The van der Waals surface area contributed by atoms with Crippen molar-refractivity contribution in [3.8, 4) is 0 Å². The number of esters is 1. The third kappa shape index (κ3) is 3.30. The van der Waals surface area contributed by atoms with E-state index in [0.29, 0.717) is 0 Å². The van der Waals surface area contributed by atoms with Crippen LogP contribution < -0.4 is 0 Å². The first kappa shape index (κ1) is 7.10. The van der Waals surface area contributed by atoms with Crippen LogP contribution >= 0.6 is 0 Å². The third-order valence-electron chi connectivity index (χ3n) is 0.403. The van der Waals surface area contributed by atoms with Crippen molar-refractivity contribution >= 4 is 12.3 Å². The van der Waals surface area contributed by atoms with Crippen LogP contribution in [0.15, 0.2) is 0 Å². The highest BCUT2D eigenvalue weighted by molar-refractivity contribution is 5.69. The molecular weight excluding hydrogens is 112 g/mol. The molecule has 8 heavy (non-hydrogen) atoms. The largest absolute Gasteiger partial charge is 0.429 e. The zero-order chi connectivity index (χ0) is 6.57. The minimum absolute atomic E-state index is 0.126. The van der Waals surface area contributed by atoms with Gasteiger partial charge in [0.15, 0.2) is 6.29 Å². The molecule has 1 N–H and O–H groups in total. The molecule has 4 heteroatoms. The van der Waals surface area contributed by atoms with E-state index in [9.17, 15) is 9.59 Å². The summed E-state index contributed by atoms with van der Waals surface area (Å²) in [5.41, 5.74) is 0. The van der Waals surface area contributed by atoms with Gasteiger partial charge in [-0.05, 0) is 0 Å². The van der Waals surface area contributed by atoms with Crippen molar-refractivity contribution in [2.75, 3.05) is 0 Å². The first-order chi connectivity index (χ1) is 3.66. The van der Waals surface area contributed by atoms with Crippen molar-refractivity contribution in [2.45, 2.75) is 13.2 Å². The fourth-order valence-corrected chi connectivity index (χ4v) is 0.198. The molecule has 1 unspecified atom stereocenters. The van der Waals surface area contributed by atoms with Gasteiger partial charge in [0.05, 0.1) is 0 Å². The number of carbonyl (C=O) groups excluding carboxylic acids is 2. The molecular formula is C4H6O4. The topological polar surface area (TPSA) is 63.6 Å². The van der Waals surface area contributed by atoms with Crippen LogP contribution in [0.4, 0.5) is 0 Å². The van der Waals surface area contributed by atoms with Crippen molar-refractivity contribution in [1.82, 2.24) is 0 Å². The SMILES string of the molecule is CC(=O)OC(O)C=O. The van der Waals surface area contributed by atoms with Gasteiger partial charge < -0.3 is 9.84 Å². The van der Waals surface area contributed by atoms with Crippen LogP contribution in [-0.4, -0.2) is 23.7 Å². The molecule has 0 saturated carbocycles. The van der Waals surface area contributed by atoms with E-state index in [-0.39, 0.29) is 6.29 Å². The molecule has 0 rings (SSSR count). The monoisotopic (exact) mass is 118 g/mol. The van der Waals surface area contributed by atoms with E-state index in [1.54, 1.807) is 0 Å². The molecule has 0 fully saturated rings. The maximum absolute atomic E-state index is 9.87. The highest BCUT2D eigenvalue weighted by Crippen LogP contribution is 1.80. The van der Waals surface area contributed by atoms with E-state index in [1.807, 2.05) is 0 Å². The lowest BCUT2D eigenvalue weighted by Crippen LogP contribution is -2.15. The van der Waals surface area contributed by atoms with Crippen LogP contribution in [0.2, 0.25) is 0 Å². The van der Waals surface area contributed by atoms with Crippen LogP contribution in [0.3, 0.4) is 0 Å². The Bertz CT molecular complexity index is 98.2. The molecule has 0 aromatic rings. The van der Waals surface area contributed by atoms with Crippen molar-refractivity contribution in [2.24, 2.45) is 0 Å². The Kier molecular flexibility index (Phi) is 2.79. The molecule has 0 aromatic heterocycles.